The summed E-state index contributed by atoms with van der Waals surface area (Å²) in [4.78, 5) is 11.9. The molecule has 0 aliphatic rings. The molecule has 0 bridgehead atoms. The second-order valence-corrected chi connectivity index (χ2v) is 4.79. The highest BCUT2D eigenvalue weighted by atomic mass is 16.1. The van der Waals surface area contributed by atoms with E-state index >= 15 is 0 Å². The Morgan fingerprint density at radius 1 is 1.33 bits per heavy atom. The maximum absolute atomic E-state index is 11.9. The highest BCUT2D eigenvalue weighted by Gasteiger charge is 2.18. The molecule has 0 saturated heterocycles. The lowest BCUT2D eigenvalue weighted by Crippen LogP contribution is -2.16. The van der Waals surface area contributed by atoms with Crippen LogP contribution in [0.5, 0.6) is 0 Å². The summed E-state index contributed by atoms with van der Waals surface area (Å²) in [6.07, 6.45) is 5.24. The average Bonchev–Trinajstić information content (AvgIpc) is 2.10. The fraction of sp³-hybridized carbons (Fsp3) is 0.643. The molecule has 1 atom stereocenters. The van der Waals surface area contributed by atoms with E-state index in [1.165, 1.54) is 0 Å². The Kier molecular flexibility index (Phi) is 7.02. The molecule has 0 aliphatic carbocycles. The first kappa shape index (κ1) is 14.2. The van der Waals surface area contributed by atoms with Gasteiger partial charge in [0.1, 0.15) is 5.78 Å². The lowest BCUT2D eigenvalue weighted by atomic mass is 9.88. The van der Waals surface area contributed by atoms with Gasteiger partial charge in [0, 0.05) is 12.3 Å². The number of Topliss-reactive ketones (excluding diaryl/α,β-unsaturated/α-hetero) is 1. The predicted octanol–water partition coefficient (Wildman–Crippen LogP) is 4.15. The maximum atomic E-state index is 11.9. The molecule has 86 valence electrons. The quantitative estimate of drug-likeness (QED) is 0.548. The Labute approximate surface area is 94.3 Å². The molecule has 15 heavy (non-hydrogen) atoms. The molecule has 0 fully saturated rings. The van der Waals surface area contributed by atoms with Gasteiger partial charge < -0.3 is 0 Å². The third kappa shape index (κ3) is 7.12. The van der Waals surface area contributed by atoms with E-state index in [1.807, 2.05) is 13.0 Å². The molecule has 0 spiro atoms. The Bertz CT molecular complexity index is 225. The van der Waals surface area contributed by atoms with Crippen molar-refractivity contribution in [3.8, 4) is 0 Å². The number of allylic oxidation sites excluding steroid dienone is 2. The molecule has 0 radical (unpaired) electrons. The van der Waals surface area contributed by atoms with Gasteiger partial charge in [0.2, 0.25) is 0 Å². The highest BCUT2D eigenvalue weighted by molar-refractivity contribution is 5.81. The van der Waals surface area contributed by atoms with Crippen LogP contribution in [0.15, 0.2) is 24.8 Å². The molecule has 0 aromatic heterocycles. The minimum Gasteiger partial charge on any atom is -0.299 e. The van der Waals surface area contributed by atoms with Gasteiger partial charge in [0.25, 0.3) is 0 Å². The van der Waals surface area contributed by atoms with Crippen molar-refractivity contribution in [1.82, 2.24) is 0 Å². The first-order valence-corrected chi connectivity index (χ1v) is 5.75. The van der Waals surface area contributed by atoms with Crippen LogP contribution < -0.4 is 0 Å². The van der Waals surface area contributed by atoms with Crippen molar-refractivity contribution in [2.75, 3.05) is 0 Å². The van der Waals surface area contributed by atoms with E-state index in [0.717, 1.165) is 24.8 Å². The van der Waals surface area contributed by atoms with Gasteiger partial charge in [-0.1, -0.05) is 25.5 Å². The SMILES string of the molecule is C=CCCC(CC(=C)C)C(=O)CC(C)C. The fourth-order valence-corrected chi connectivity index (χ4v) is 1.69. The molecule has 0 aliphatic heterocycles. The summed E-state index contributed by atoms with van der Waals surface area (Å²) in [6.45, 7) is 13.7. The average molecular weight is 208 g/mol. The maximum Gasteiger partial charge on any atom is 0.136 e. The Hall–Kier alpha value is -0.850. The summed E-state index contributed by atoms with van der Waals surface area (Å²) in [5, 5.41) is 0. The van der Waals surface area contributed by atoms with Crippen molar-refractivity contribution in [1.29, 1.82) is 0 Å². The monoisotopic (exact) mass is 208 g/mol. The zero-order chi connectivity index (χ0) is 11.8. The summed E-state index contributed by atoms with van der Waals surface area (Å²) in [5.41, 5.74) is 1.10. The number of carbonyl (C=O) groups is 1. The molecule has 0 aromatic rings. The van der Waals surface area contributed by atoms with Crippen LogP contribution in [0.4, 0.5) is 0 Å². The van der Waals surface area contributed by atoms with Crippen molar-refractivity contribution in [2.24, 2.45) is 11.8 Å². The summed E-state index contributed by atoms with van der Waals surface area (Å²) >= 11 is 0. The molecular weight excluding hydrogens is 184 g/mol. The summed E-state index contributed by atoms with van der Waals surface area (Å²) in [5.74, 6) is 0.992. The standard InChI is InChI=1S/C14H24O/c1-6-7-8-13(9-11(2)3)14(15)10-12(4)5/h6,12-13H,1-2,7-10H2,3-5H3. The van der Waals surface area contributed by atoms with Gasteiger partial charge in [0.05, 0.1) is 0 Å². The third-order valence-corrected chi connectivity index (χ3v) is 2.38. The first-order valence-electron chi connectivity index (χ1n) is 5.75. The minimum atomic E-state index is 0.155. The van der Waals surface area contributed by atoms with Gasteiger partial charge in [-0.25, -0.2) is 0 Å². The molecule has 0 heterocycles. The van der Waals surface area contributed by atoms with Crippen molar-refractivity contribution < 1.29 is 4.79 Å². The molecule has 1 heteroatoms. The Morgan fingerprint density at radius 2 is 1.93 bits per heavy atom. The van der Waals surface area contributed by atoms with Crippen LogP contribution in [0.2, 0.25) is 0 Å². The highest BCUT2D eigenvalue weighted by Crippen LogP contribution is 2.20. The number of rotatable bonds is 8. The molecule has 1 nitrogen and oxygen atoms in total. The van der Waals surface area contributed by atoms with Crippen LogP contribution in [-0.4, -0.2) is 5.78 Å². The third-order valence-electron chi connectivity index (χ3n) is 2.38. The summed E-state index contributed by atoms with van der Waals surface area (Å²) < 4.78 is 0. The van der Waals surface area contributed by atoms with Crippen molar-refractivity contribution in [2.45, 2.75) is 46.5 Å². The van der Waals surface area contributed by atoms with E-state index in [1.54, 1.807) is 0 Å². The van der Waals surface area contributed by atoms with Gasteiger partial charge >= 0.3 is 0 Å². The predicted molar refractivity (Wildman–Crippen MR) is 66.8 cm³/mol. The van der Waals surface area contributed by atoms with E-state index in [2.05, 4.69) is 27.0 Å². The van der Waals surface area contributed by atoms with Crippen molar-refractivity contribution >= 4 is 5.78 Å². The molecular formula is C14H24O. The zero-order valence-corrected chi connectivity index (χ0v) is 10.4. The molecule has 0 aromatic carbocycles. The minimum absolute atomic E-state index is 0.155. The van der Waals surface area contributed by atoms with Crippen molar-refractivity contribution in [3.05, 3.63) is 24.8 Å². The number of hydrogen-bond acceptors (Lipinski definition) is 1. The molecule has 1 unspecified atom stereocenters. The molecule has 0 rings (SSSR count). The number of hydrogen-bond donors (Lipinski definition) is 0. The first-order chi connectivity index (χ1) is 6.97. The van der Waals surface area contributed by atoms with Gasteiger partial charge in [-0.2, -0.15) is 0 Å². The van der Waals surface area contributed by atoms with E-state index in [0.29, 0.717) is 18.1 Å². The largest absolute Gasteiger partial charge is 0.299 e. The molecule has 0 N–H and O–H groups in total. The Morgan fingerprint density at radius 3 is 2.33 bits per heavy atom. The van der Waals surface area contributed by atoms with Crippen LogP contribution >= 0.6 is 0 Å². The zero-order valence-electron chi connectivity index (χ0n) is 10.4. The number of carbonyl (C=O) groups excluding carboxylic acids is 1. The lowest BCUT2D eigenvalue weighted by molar-refractivity contribution is -0.123. The summed E-state index contributed by atoms with van der Waals surface area (Å²) in [6, 6.07) is 0. The van der Waals surface area contributed by atoms with Crippen molar-refractivity contribution in [3.63, 3.8) is 0 Å². The second kappa shape index (κ2) is 7.44. The van der Waals surface area contributed by atoms with E-state index in [9.17, 15) is 4.79 Å². The molecule has 0 saturated carbocycles. The number of ketones is 1. The van der Waals surface area contributed by atoms with E-state index < -0.39 is 0 Å². The van der Waals surface area contributed by atoms with Gasteiger partial charge in [-0.15, -0.1) is 13.2 Å². The van der Waals surface area contributed by atoms with Gasteiger partial charge in [-0.3, -0.25) is 4.79 Å². The van der Waals surface area contributed by atoms with Gasteiger partial charge in [-0.05, 0) is 32.1 Å². The summed E-state index contributed by atoms with van der Waals surface area (Å²) in [7, 11) is 0. The van der Waals surface area contributed by atoms with Gasteiger partial charge in [0.15, 0.2) is 0 Å². The smallest absolute Gasteiger partial charge is 0.136 e. The Balaban J connectivity index is 4.25. The second-order valence-electron chi connectivity index (χ2n) is 4.79. The van der Waals surface area contributed by atoms with Crippen LogP contribution in [0.1, 0.15) is 46.5 Å². The topological polar surface area (TPSA) is 17.1 Å². The van der Waals surface area contributed by atoms with Crippen LogP contribution in [-0.2, 0) is 4.79 Å². The van der Waals surface area contributed by atoms with E-state index in [-0.39, 0.29) is 5.92 Å². The van der Waals surface area contributed by atoms with Crippen LogP contribution in [0, 0.1) is 11.8 Å². The fourth-order valence-electron chi connectivity index (χ4n) is 1.69. The van der Waals surface area contributed by atoms with E-state index in [4.69, 9.17) is 0 Å². The van der Waals surface area contributed by atoms with Crippen LogP contribution in [0.3, 0.4) is 0 Å². The van der Waals surface area contributed by atoms with Crippen LogP contribution in [0.25, 0.3) is 0 Å². The molecule has 0 amide bonds. The lowest BCUT2D eigenvalue weighted by Gasteiger charge is -2.16. The normalized spacial score (nSPS) is 12.5.